The van der Waals surface area contributed by atoms with Crippen molar-refractivity contribution < 1.29 is 12.8 Å². The zero-order valence-electron chi connectivity index (χ0n) is 12.9. The van der Waals surface area contributed by atoms with Gasteiger partial charge in [0, 0.05) is 4.88 Å². The van der Waals surface area contributed by atoms with Crippen LogP contribution in [0.4, 0.5) is 4.39 Å². The predicted molar refractivity (Wildman–Crippen MR) is 94.1 cm³/mol. The molecule has 1 aromatic heterocycles. The van der Waals surface area contributed by atoms with Crippen LogP contribution in [0.2, 0.25) is 0 Å². The fourth-order valence-corrected chi connectivity index (χ4v) is 4.59. The van der Waals surface area contributed by atoms with E-state index in [1.807, 2.05) is 30.5 Å². The average Bonchev–Trinajstić information content (AvgIpc) is 3.08. The van der Waals surface area contributed by atoms with Gasteiger partial charge in [0.1, 0.15) is 5.82 Å². The molecule has 124 valence electrons. The van der Waals surface area contributed by atoms with Crippen molar-refractivity contribution in [3.63, 3.8) is 0 Å². The minimum absolute atomic E-state index is 0.214. The highest BCUT2D eigenvalue weighted by molar-refractivity contribution is 7.89. The molecule has 0 spiro atoms. The third kappa shape index (κ3) is 3.72. The minimum atomic E-state index is -3.70. The van der Waals surface area contributed by atoms with E-state index in [4.69, 9.17) is 0 Å². The second-order valence-electron chi connectivity index (χ2n) is 5.44. The van der Waals surface area contributed by atoms with E-state index in [9.17, 15) is 12.8 Å². The molecule has 1 heterocycles. The molecular formula is C18H16FNO2S2. The maximum atomic E-state index is 13.2. The molecule has 0 saturated heterocycles. The normalized spacial score (nSPS) is 12.9. The van der Waals surface area contributed by atoms with E-state index < -0.39 is 16.1 Å². The lowest BCUT2D eigenvalue weighted by Gasteiger charge is -2.18. The van der Waals surface area contributed by atoms with Crippen molar-refractivity contribution in [3.8, 4) is 0 Å². The van der Waals surface area contributed by atoms with Gasteiger partial charge in [0.15, 0.2) is 0 Å². The van der Waals surface area contributed by atoms with Crippen LogP contribution < -0.4 is 4.72 Å². The number of nitrogens with one attached hydrogen (secondary N) is 1. The Hall–Kier alpha value is -2.02. The Kier molecular flexibility index (Phi) is 4.80. The molecule has 0 bridgehead atoms. The van der Waals surface area contributed by atoms with Crippen LogP contribution in [0.5, 0.6) is 0 Å². The zero-order valence-corrected chi connectivity index (χ0v) is 14.6. The van der Waals surface area contributed by atoms with Crippen molar-refractivity contribution in [2.24, 2.45) is 0 Å². The van der Waals surface area contributed by atoms with Crippen molar-refractivity contribution >= 4 is 21.4 Å². The van der Waals surface area contributed by atoms with E-state index >= 15 is 0 Å². The Morgan fingerprint density at radius 3 is 2.42 bits per heavy atom. The molecule has 24 heavy (non-hydrogen) atoms. The molecule has 3 nitrogen and oxygen atoms in total. The summed E-state index contributed by atoms with van der Waals surface area (Å²) < 4.78 is 41.4. The van der Waals surface area contributed by atoms with E-state index in [0.717, 1.165) is 10.4 Å². The van der Waals surface area contributed by atoms with Crippen LogP contribution in [0.3, 0.4) is 0 Å². The molecule has 0 saturated carbocycles. The standard InChI is InChI=1S/C18H16FNO2S2/c1-13-4-2-5-16(12-13)24(21,22)20-18(17-6-3-11-23-17)14-7-9-15(19)10-8-14/h2-12,18,20H,1H3. The highest BCUT2D eigenvalue weighted by atomic mass is 32.2. The first kappa shape index (κ1) is 16.8. The van der Waals surface area contributed by atoms with Gasteiger partial charge in [-0.1, -0.05) is 30.3 Å². The SMILES string of the molecule is Cc1cccc(S(=O)(=O)NC(c2ccc(F)cc2)c2cccs2)c1. The maximum Gasteiger partial charge on any atom is 0.241 e. The molecule has 1 atom stereocenters. The van der Waals surface area contributed by atoms with Gasteiger partial charge in [-0.25, -0.2) is 12.8 Å². The van der Waals surface area contributed by atoms with Crippen LogP contribution in [0.1, 0.15) is 22.0 Å². The van der Waals surface area contributed by atoms with Gasteiger partial charge in [-0.05, 0) is 53.8 Å². The molecule has 2 aromatic carbocycles. The molecule has 3 aromatic rings. The lowest BCUT2D eigenvalue weighted by atomic mass is 10.1. The van der Waals surface area contributed by atoms with Gasteiger partial charge >= 0.3 is 0 Å². The summed E-state index contributed by atoms with van der Waals surface area (Å²) in [6.45, 7) is 1.84. The third-order valence-electron chi connectivity index (χ3n) is 3.60. The summed E-state index contributed by atoms with van der Waals surface area (Å²) in [6.07, 6.45) is 0. The maximum absolute atomic E-state index is 13.2. The van der Waals surface area contributed by atoms with Gasteiger partial charge in [0.05, 0.1) is 10.9 Å². The fraction of sp³-hybridized carbons (Fsp3) is 0.111. The van der Waals surface area contributed by atoms with Crippen LogP contribution in [-0.2, 0) is 10.0 Å². The first-order chi connectivity index (χ1) is 11.5. The van der Waals surface area contributed by atoms with E-state index in [-0.39, 0.29) is 10.7 Å². The van der Waals surface area contributed by atoms with Crippen LogP contribution in [-0.4, -0.2) is 8.42 Å². The smallest absolute Gasteiger partial charge is 0.207 e. The van der Waals surface area contributed by atoms with Gasteiger partial charge in [0.25, 0.3) is 0 Å². The summed E-state index contributed by atoms with van der Waals surface area (Å²) in [6, 6.07) is 15.7. The van der Waals surface area contributed by atoms with Crippen molar-refractivity contribution in [3.05, 3.63) is 87.9 Å². The van der Waals surface area contributed by atoms with E-state index in [1.165, 1.54) is 23.5 Å². The van der Waals surface area contributed by atoms with Gasteiger partial charge < -0.3 is 0 Å². The fourth-order valence-electron chi connectivity index (χ4n) is 2.41. The molecule has 1 N–H and O–H groups in total. The predicted octanol–water partition coefficient (Wildman–Crippen LogP) is 4.26. The largest absolute Gasteiger partial charge is 0.241 e. The number of sulfonamides is 1. The number of benzene rings is 2. The molecule has 0 aliphatic carbocycles. The first-order valence-electron chi connectivity index (χ1n) is 7.33. The molecular weight excluding hydrogens is 345 g/mol. The van der Waals surface area contributed by atoms with Gasteiger partial charge in [-0.15, -0.1) is 11.3 Å². The Labute approximate surface area is 144 Å². The number of rotatable bonds is 5. The molecule has 3 rings (SSSR count). The van der Waals surface area contributed by atoms with Crippen molar-refractivity contribution in [1.29, 1.82) is 0 Å². The van der Waals surface area contributed by atoms with Crippen LogP contribution in [0.15, 0.2) is 70.9 Å². The Morgan fingerprint density at radius 1 is 1.04 bits per heavy atom. The number of aryl methyl sites for hydroxylation is 1. The Balaban J connectivity index is 1.99. The van der Waals surface area contributed by atoms with Gasteiger partial charge in [-0.2, -0.15) is 4.72 Å². The number of hydrogen-bond acceptors (Lipinski definition) is 3. The van der Waals surface area contributed by atoms with Crippen molar-refractivity contribution in [2.45, 2.75) is 17.9 Å². The first-order valence-corrected chi connectivity index (χ1v) is 9.70. The third-order valence-corrected chi connectivity index (χ3v) is 5.96. The number of thiophene rings is 1. The van der Waals surface area contributed by atoms with Gasteiger partial charge in [0.2, 0.25) is 10.0 Å². The average molecular weight is 361 g/mol. The van der Waals surface area contributed by atoms with Crippen LogP contribution in [0, 0.1) is 12.7 Å². The van der Waals surface area contributed by atoms with Gasteiger partial charge in [-0.3, -0.25) is 0 Å². The monoisotopic (exact) mass is 361 g/mol. The summed E-state index contributed by atoms with van der Waals surface area (Å²) in [5.74, 6) is -0.356. The second kappa shape index (κ2) is 6.84. The Morgan fingerprint density at radius 2 is 1.79 bits per heavy atom. The lowest BCUT2D eigenvalue weighted by molar-refractivity contribution is 0.573. The molecule has 0 aliphatic rings. The zero-order chi connectivity index (χ0) is 17.2. The van der Waals surface area contributed by atoms with E-state index in [2.05, 4.69) is 4.72 Å². The summed E-state index contributed by atoms with van der Waals surface area (Å²) in [4.78, 5) is 1.06. The summed E-state index contributed by atoms with van der Waals surface area (Å²) in [7, 11) is -3.70. The Bertz CT molecular complexity index is 920. The van der Waals surface area contributed by atoms with E-state index in [1.54, 1.807) is 30.3 Å². The molecule has 0 aliphatic heterocycles. The van der Waals surface area contributed by atoms with Crippen molar-refractivity contribution in [2.75, 3.05) is 0 Å². The highest BCUT2D eigenvalue weighted by Gasteiger charge is 2.23. The number of halogens is 1. The summed E-state index contributed by atoms with van der Waals surface area (Å²) in [5.41, 5.74) is 1.56. The summed E-state index contributed by atoms with van der Waals surface area (Å²) in [5, 5.41) is 1.88. The minimum Gasteiger partial charge on any atom is -0.207 e. The van der Waals surface area contributed by atoms with Crippen LogP contribution in [0.25, 0.3) is 0 Å². The summed E-state index contributed by atoms with van der Waals surface area (Å²) >= 11 is 1.45. The quantitative estimate of drug-likeness (QED) is 0.738. The molecule has 0 fully saturated rings. The molecule has 1 unspecified atom stereocenters. The lowest BCUT2D eigenvalue weighted by Crippen LogP contribution is -2.29. The topological polar surface area (TPSA) is 46.2 Å². The molecule has 0 amide bonds. The number of hydrogen-bond donors (Lipinski definition) is 1. The van der Waals surface area contributed by atoms with Crippen molar-refractivity contribution in [1.82, 2.24) is 4.72 Å². The second-order valence-corrected chi connectivity index (χ2v) is 8.13. The molecule has 0 radical (unpaired) electrons. The van der Waals surface area contributed by atoms with Crippen LogP contribution >= 0.6 is 11.3 Å². The molecule has 6 heteroatoms. The van der Waals surface area contributed by atoms with E-state index in [0.29, 0.717) is 5.56 Å². The highest BCUT2D eigenvalue weighted by Crippen LogP contribution is 2.28.